The second-order valence-electron chi connectivity index (χ2n) is 3.63. The Bertz CT molecular complexity index is 343. The molecule has 0 fully saturated rings. The van der Waals surface area contributed by atoms with E-state index in [2.05, 4.69) is 0 Å². The first-order chi connectivity index (χ1) is 7.51. The van der Waals surface area contributed by atoms with Crippen LogP contribution < -0.4 is 5.73 Å². The lowest BCUT2D eigenvalue weighted by Crippen LogP contribution is -2.23. The number of benzene rings is 1. The molecule has 0 aliphatic heterocycles. The van der Waals surface area contributed by atoms with E-state index in [1.807, 2.05) is 0 Å². The van der Waals surface area contributed by atoms with E-state index in [4.69, 9.17) is 5.73 Å². The van der Waals surface area contributed by atoms with E-state index < -0.39 is 35.0 Å². The van der Waals surface area contributed by atoms with Gasteiger partial charge >= 0.3 is 0 Å². The maximum atomic E-state index is 13.3. The molecule has 0 radical (unpaired) electrons. The maximum absolute atomic E-state index is 13.3. The van der Waals surface area contributed by atoms with Crippen LogP contribution in [0.5, 0.6) is 0 Å². The SMILES string of the molecule is CCC(CN)C(O)c1c(F)cc(F)cc1F. The number of aliphatic hydroxyl groups is 1. The molecule has 1 aromatic carbocycles. The monoisotopic (exact) mass is 233 g/mol. The third kappa shape index (κ3) is 2.54. The first-order valence-electron chi connectivity index (χ1n) is 5.03. The summed E-state index contributed by atoms with van der Waals surface area (Å²) in [7, 11) is 0. The van der Waals surface area contributed by atoms with Crippen LogP contribution in [0.25, 0.3) is 0 Å². The van der Waals surface area contributed by atoms with E-state index in [1.165, 1.54) is 0 Å². The predicted octanol–water partition coefficient (Wildman–Crippen LogP) is 2.12. The van der Waals surface area contributed by atoms with Crippen molar-refractivity contribution >= 4 is 0 Å². The zero-order valence-electron chi connectivity index (χ0n) is 8.88. The first kappa shape index (κ1) is 13.0. The minimum atomic E-state index is -1.35. The Morgan fingerprint density at radius 1 is 1.25 bits per heavy atom. The largest absolute Gasteiger partial charge is 0.388 e. The predicted molar refractivity (Wildman–Crippen MR) is 54.1 cm³/mol. The van der Waals surface area contributed by atoms with E-state index in [-0.39, 0.29) is 6.54 Å². The smallest absolute Gasteiger partial charge is 0.134 e. The lowest BCUT2D eigenvalue weighted by Gasteiger charge is -2.21. The number of hydrogen-bond acceptors (Lipinski definition) is 2. The van der Waals surface area contributed by atoms with Gasteiger partial charge in [0.1, 0.15) is 17.5 Å². The van der Waals surface area contributed by atoms with Gasteiger partial charge in [0.15, 0.2) is 0 Å². The van der Waals surface area contributed by atoms with E-state index >= 15 is 0 Å². The highest BCUT2D eigenvalue weighted by atomic mass is 19.1. The summed E-state index contributed by atoms with van der Waals surface area (Å²) >= 11 is 0. The highest BCUT2D eigenvalue weighted by Gasteiger charge is 2.25. The Kier molecular flexibility index (Phi) is 4.32. The summed E-state index contributed by atoms with van der Waals surface area (Å²) in [5.74, 6) is -3.63. The topological polar surface area (TPSA) is 46.2 Å². The molecule has 0 bridgehead atoms. The average molecular weight is 233 g/mol. The number of aliphatic hydroxyl groups excluding tert-OH is 1. The molecule has 0 saturated heterocycles. The normalized spacial score (nSPS) is 14.9. The lowest BCUT2D eigenvalue weighted by molar-refractivity contribution is 0.102. The van der Waals surface area contributed by atoms with Crippen molar-refractivity contribution in [2.45, 2.75) is 19.4 Å². The van der Waals surface area contributed by atoms with Crippen molar-refractivity contribution in [3.63, 3.8) is 0 Å². The van der Waals surface area contributed by atoms with Gasteiger partial charge in [0.25, 0.3) is 0 Å². The van der Waals surface area contributed by atoms with Gasteiger partial charge in [-0.05, 0) is 13.0 Å². The highest BCUT2D eigenvalue weighted by Crippen LogP contribution is 2.28. The van der Waals surface area contributed by atoms with E-state index in [0.717, 1.165) is 0 Å². The quantitative estimate of drug-likeness (QED) is 0.836. The highest BCUT2D eigenvalue weighted by molar-refractivity contribution is 5.23. The molecule has 0 saturated carbocycles. The van der Waals surface area contributed by atoms with Gasteiger partial charge in [0.2, 0.25) is 0 Å². The van der Waals surface area contributed by atoms with Crippen LogP contribution in [0.3, 0.4) is 0 Å². The van der Waals surface area contributed by atoms with Crippen LogP contribution in [0.2, 0.25) is 0 Å². The Morgan fingerprint density at radius 2 is 1.75 bits per heavy atom. The average Bonchev–Trinajstić information content (AvgIpc) is 2.17. The van der Waals surface area contributed by atoms with Gasteiger partial charge < -0.3 is 10.8 Å². The van der Waals surface area contributed by atoms with Crippen molar-refractivity contribution in [1.29, 1.82) is 0 Å². The van der Waals surface area contributed by atoms with Crippen LogP contribution >= 0.6 is 0 Å². The molecule has 3 N–H and O–H groups in total. The number of rotatable bonds is 4. The minimum absolute atomic E-state index is 0.105. The zero-order valence-corrected chi connectivity index (χ0v) is 8.88. The molecule has 0 heterocycles. The molecule has 2 atom stereocenters. The van der Waals surface area contributed by atoms with Crippen LogP contribution in [-0.4, -0.2) is 11.7 Å². The van der Waals surface area contributed by atoms with Gasteiger partial charge in [-0.25, -0.2) is 13.2 Å². The van der Waals surface area contributed by atoms with Crippen molar-refractivity contribution in [3.05, 3.63) is 35.1 Å². The lowest BCUT2D eigenvalue weighted by atomic mass is 9.93. The second-order valence-corrected chi connectivity index (χ2v) is 3.63. The zero-order chi connectivity index (χ0) is 12.3. The van der Waals surface area contributed by atoms with Gasteiger partial charge in [-0.3, -0.25) is 0 Å². The van der Waals surface area contributed by atoms with Crippen molar-refractivity contribution in [1.82, 2.24) is 0 Å². The molecular formula is C11H14F3NO. The van der Waals surface area contributed by atoms with Crippen LogP contribution in [0.1, 0.15) is 25.0 Å². The molecule has 1 rings (SSSR count). The van der Waals surface area contributed by atoms with Gasteiger partial charge in [-0.1, -0.05) is 6.92 Å². The van der Waals surface area contributed by atoms with Crippen molar-refractivity contribution < 1.29 is 18.3 Å². The molecule has 5 heteroatoms. The second kappa shape index (κ2) is 5.32. The van der Waals surface area contributed by atoms with Gasteiger partial charge in [0.05, 0.1) is 11.7 Å². The summed E-state index contributed by atoms with van der Waals surface area (Å²) in [6.07, 6.45) is -0.871. The van der Waals surface area contributed by atoms with Crippen LogP contribution in [0.4, 0.5) is 13.2 Å². The summed E-state index contributed by atoms with van der Waals surface area (Å²) in [6, 6.07) is 1.09. The number of halogens is 3. The van der Waals surface area contributed by atoms with Crippen LogP contribution in [0, 0.1) is 23.4 Å². The summed E-state index contributed by atoms with van der Waals surface area (Å²) in [4.78, 5) is 0. The Labute approximate surface area is 91.9 Å². The molecule has 16 heavy (non-hydrogen) atoms. The summed E-state index contributed by atoms with van der Waals surface area (Å²) in [5, 5.41) is 9.75. The molecule has 0 aliphatic carbocycles. The molecule has 90 valence electrons. The van der Waals surface area contributed by atoms with Crippen LogP contribution in [-0.2, 0) is 0 Å². The fourth-order valence-corrected chi connectivity index (χ4v) is 1.59. The molecule has 0 aromatic heterocycles. The van der Waals surface area contributed by atoms with E-state index in [0.29, 0.717) is 18.6 Å². The molecule has 2 nitrogen and oxygen atoms in total. The van der Waals surface area contributed by atoms with Gasteiger partial charge in [-0.2, -0.15) is 0 Å². The van der Waals surface area contributed by atoms with E-state index in [1.54, 1.807) is 6.92 Å². The Balaban J connectivity index is 3.12. The summed E-state index contributed by atoms with van der Waals surface area (Å²) in [6.45, 7) is 1.86. The Hall–Kier alpha value is -1.07. The molecule has 2 unspecified atom stereocenters. The maximum Gasteiger partial charge on any atom is 0.134 e. The Morgan fingerprint density at radius 3 is 2.12 bits per heavy atom. The van der Waals surface area contributed by atoms with Crippen LogP contribution in [0.15, 0.2) is 12.1 Å². The first-order valence-corrected chi connectivity index (χ1v) is 5.03. The molecule has 0 amide bonds. The molecule has 0 spiro atoms. The molecule has 1 aromatic rings. The summed E-state index contributed by atoms with van der Waals surface area (Å²) < 4.78 is 39.3. The molecule has 0 aliphatic rings. The fourth-order valence-electron chi connectivity index (χ4n) is 1.59. The number of nitrogens with two attached hydrogens (primary N) is 1. The third-order valence-electron chi connectivity index (χ3n) is 2.61. The fraction of sp³-hybridized carbons (Fsp3) is 0.455. The van der Waals surface area contributed by atoms with Crippen molar-refractivity contribution in [3.8, 4) is 0 Å². The van der Waals surface area contributed by atoms with E-state index in [9.17, 15) is 18.3 Å². The van der Waals surface area contributed by atoms with Crippen molar-refractivity contribution in [2.24, 2.45) is 11.7 Å². The number of hydrogen-bond donors (Lipinski definition) is 2. The standard InChI is InChI=1S/C11H14F3NO/c1-2-6(5-15)11(16)10-8(13)3-7(12)4-9(10)14/h3-4,6,11,16H,2,5,15H2,1H3. The third-order valence-corrected chi connectivity index (χ3v) is 2.61. The van der Waals surface area contributed by atoms with Crippen molar-refractivity contribution in [2.75, 3.05) is 6.54 Å². The van der Waals surface area contributed by atoms with Gasteiger partial charge in [-0.15, -0.1) is 0 Å². The van der Waals surface area contributed by atoms with Gasteiger partial charge in [0, 0.05) is 18.1 Å². The minimum Gasteiger partial charge on any atom is -0.388 e. The molecular weight excluding hydrogens is 219 g/mol. The summed E-state index contributed by atoms with van der Waals surface area (Å²) in [5.41, 5.74) is 4.86.